The minimum atomic E-state index is -0.681. The van der Waals surface area contributed by atoms with E-state index < -0.39 is 17.8 Å². The van der Waals surface area contributed by atoms with Crippen molar-refractivity contribution in [1.82, 2.24) is 0 Å². The zero-order chi connectivity index (χ0) is 23.7. The minimum Gasteiger partial charge on any atom is -0.459 e. The zero-order valence-corrected chi connectivity index (χ0v) is 20.8. The number of ether oxygens (including phenoxy) is 1. The predicted molar refractivity (Wildman–Crippen MR) is 129 cm³/mol. The topological polar surface area (TPSA) is 87.0 Å². The van der Waals surface area contributed by atoms with Crippen molar-refractivity contribution in [1.29, 1.82) is 0 Å². The lowest BCUT2D eigenvalue weighted by molar-refractivity contribution is -0.151. The van der Waals surface area contributed by atoms with Crippen LogP contribution in [-0.2, 0) is 9.53 Å². The van der Waals surface area contributed by atoms with Gasteiger partial charge < -0.3 is 20.1 Å². The molecule has 180 valence electrons. The molecule has 0 bridgehead atoms. The number of carbonyl (C=O) groups excluding carboxylic acids is 1. The molecule has 6 atom stereocenters. The van der Waals surface area contributed by atoms with Crippen LogP contribution in [0.25, 0.3) is 0 Å². The molecule has 3 fully saturated rings. The van der Waals surface area contributed by atoms with E-state index in [-0.39, 0.29) is 23.4 Å². The van der Waals surface area contributed by atoms with Crippen LogP contribution >= 0.6 is 11.8 Å². The number of rotatable bonds is 5. The standard InChI is InChI=1S/C26H40O5S/c1-16-18(11-19(27)12-22(16)28)9-8-17-7-6-10-26(5)20(17)13-23(29)21(26)14-32-15-24(30)31-25(2,3)4/h8-9,19-23,27-29H,1,6-7,10-15H2,2-5H3/b17-8+,18-9-/t19-,20+,21+,22+,23+,26+/m1/s1. The van der Waals surface area contributed by atoms with Crippen LogP contribution in [0, 0.1) is 17.3 Å². The second-order valence-corrected chi connectivity index (χ2v) is 12.0. The molecule has 3 rings (SSSR count). The Balaban J connectivity index is 1.68. The van der Waals surface area contributed by atoms with Gasteiger partial charge in [0.1, 0.15) is 5.60 Å². The van der Waals surface area contributed by atoms with Crippen LogP contribution in [0.15, 0.2) is 35.5 Å². The zero-order valence-electron chi connectivity index (χ0n) is 20.0. The van der Waals surface area contributed by atoms with Gasteiger partial charge >= 0.3 is 5.97 Å². The second-order valence-electron chi connectivity index (χ2n) is 11.0. The molecule has 32 heavy (non-hydrogen) atoms. The molecule has 3 aliphatic carbocycles. The highest BCUT2D eigenvalue weighted by molar-refractivity contribution is 7.99. The highest BCUT2D eigenvalue weighted by Crippen LogP contribution is 2.58. The van der Waals surface area contributed by atoms with E-state index in [1.54, 1.807) is 11.8 Å². The fraction of sp³-hybridized carbons (Fsp3) is 0.731. The Morgan fingerprint density at radius 2 is 1.97 bits per heavy atom. The fourth-order valence-corrected chi connectivity index (χ4v) is 6.96. The molecule has 0 heterocycles. The van der Waals surface area contributed by atoms with Gasteiger partial charge in [0.2, 0.25) is 0 Å². The number of thioether (sulfide) groups is 1. The van der Waals surface area contributed by atoms with Crippen molar-refractivity contribution >= 4 is 17.7 Å². The molecule has 0 aromatic carbocycles. The number of aliphatic hydroxyl groups excluding tert-OH is 3. The van der Waals surface area contributed by atoms with Crippen LogP contribution in [0.5, 0.6) is 0 Å². The van der Waals surface area contributed by atoms with E-state index >= 15 is 0 Å². The van der Waals surface area contributed by atoms with Crippen molar-refractivity contribution in [3.05, 3.63) is 35.5 Å². The van der Waals surface area contributed by atoms with Crippen LogP contribution in [0.1, 0.15) is 66.2 Å². The van der Waals surface area contributed by atoms with Crippen LogP contribution in [0.3, 0.4) is 0 Å². The second kappa shape index (κ2) is 10.0. The summed E-state index contributed by atoms with van der Waals surface area (Å²) in [6, 6.07) is 0. The maximum atomic E-state index is 12.1. The molecule has 0 unspecified atom stereocenters. The molecule has 0 spiro atoms. The van der Waals surface area contributed by atoms with E-state index in [2.05, 4.69) is 19.6 Å². The smallest absolute Gasteiger partial charge is 0.316 e. The molecule has 0 saturated heterocycles. The van der Waals surface area contributed by atoms with Crippen LogP contribution in [0.4, 0.5) is 0 Å². The third-order valence-electron chi connectivity index (χ3n) is 7.41. The Morgan fingerprint density at radius 3 is 2.66 bits per heavy atom. The number of fused-ring (bicyclic) bond motifs is 1. The molecule has 3 N–H and O–H groups in total. The quantitative estimate of drug-likeness (QED) is 0.529. The summed E-state index contributed by atoms with van der Waals surface area (Å²) in [5.74, 6) is 1.30. The molecule has 0 aliphatic heterocycles. The van der Waals surface area contributed by atoms with E-state index in [0.29, 0.717) is 30.1 Å². The van der Waals surface area contributed by atoms with Gasteiger partial charge in [-0.2, -0.15) is 0 Å². The lowest BCUT2D eigenvalue weighted by Gasteiger charge is -2.42. The van der Waals surface area contributed by atoms with E-state index in [1.165, 1.54) is 5.57 Å². The summed E-state index contributed by atoms with van der Waals surface area (Å²) in [6.07, 6.45) is 7.36. The monoisotopic (exact) mass is 464 g/mol. The van der Waals surface area contributed by atoms with E-state index in [4.69, 9.17) is 4.74 Å². The van der Waals surface area contributed by atoms with Crippen molar-refractivity contribution in [2.45, 2.75) is 90.1 Å². The van der Waals surface area contributed by atoms with Gasteiger partial charge in [0, 0.05) is 6.42 Å². The van der Waals surface area contributed by atoms with Crippen LogP contribution in [0.2, 0.25) is 0 Å². The predicted octanol–water partition coefficient (Wildman–Crippen LogP) is 4.17. The molecule has 3 aliphatic rings. The number of hydrogen-bond acceptors (Lipinski definition) is 6. The Hall–Kier alpha value is -1.08. The van der Waals surface area contributed by atoms with Gasteiger partial charge in [0.15, 0.2) is 0 Å². The van der Waals surface area contributed by atoms with Crippen molar-refractivity contribution in [2.75, 3.05) is 11.5 Å². The van der Waals surface area contributed by atoms with Crippen molar-refractivity contribution < 1.29 is 24.9 Å². The first-order valence-corrected chi connectivity index (χ1v) is 13.0. The fourth-order valence-electron chi connectivity index (χ4n) is 5.76. The van der Waals surface area contributed by atoms with Crippen molar-refractivity contribution in [3.8, 4) is 0 Å². The molecule has 5 nitrogen and oxygen atoms in total. The summed E-state index contributed by atoms with van der Waals surface area (Å²) in [6.45, 7) is 11.9. The number of carbonyl (C=O) groups is 1. The summed E-state index contributed by atoms with van der Waals surface area (Å²) < 4.78 is 5.41. The Bertz CT molecular complexity index is 780. The first kappa shape index (κ1) is 25.5. The lowest BCUT2D eigenvalue weighted by atomic mass is 9.64. The highest BCUT2D eigenvalue weighted by Gasteiger charge is 2.53. The molecule has 0 aromatic heterocycles. The Labute approximate surface area is 197 Å². The van der Waals surface area contributed by atoms with Gasteiger partial charge in [-0.25, -0.2) is 0 Å². The van der Waals surface area contributed by atoms with Crippen molar-refractivity contribution in [3.63, 3.8) is 0 Å². The number of allylic oxidation sites excluding steroid dienone is 3. The van der Waals surface area contributed by atoms with Gasteiger partial charge in [0.25, 0.3) is 0 Å². The molecular weight excluding hydrogens is 424 g/mol. The third-order valence-corrected chi connectivity index (χ3v) is 8.45. The summed E-state index contributed by atoms with van der Waals surface area (Å²) >= 11 is 1.56. The molecular formula is C26H40O5S. The average Bonchev–Trinajstić information content (AvgIpc) is 2.93. The normalized spacial score (nSPS) is 38.2. The summed E-state index contributed by atoms with van der Waals surface area (Å²) in [7, 11) is 0. The molecule has 6 heteroatoms. The summed E-state index contributed by atoms with van der Waals surface area (Å²) in [5.41, 5.74) is 2.49. The first-order valence-electron chi connectivity index (χ1n) is 11.8. The van der Waals surface area contributed by atoms with E-state index in [9.17, 15) is 20.1 Å². The van der Waals surface area contributed by atoms with Crippen LogP contribution < -0.4 is 0 Å². The Kier molecular flexibility index (Phi) is 8.01. The van der Waals surface area contributed by atoms with Crippen LogP contribution in [-0.4, -0.2) is 56.7 Å². The van der Waals surface area contributed by atoms with Gasteiger partial charge in [0.05, 0.1) is 24.1 Å². The summed E-state index contributed by atoms with van der Waals surface area (Å²) in [4.78, 5) is 12.1. The number of esters is 1. The van der Waals surface area contributed by atoms with E-state index in [0.717, 1.165) is 37.0 Å². The van der Waals surface area contributed by atoms with Gasteiger partial charge in [-0.3, -0.25) is 4.79 Å². The SMILES string of the molecule is C=C1/C(=C\C=C2/CCC[C@@]3(C)[C@H]2C[C@H](O)[C@@H]3CSCC(=O)OC(C)(C)C)C[C@@H](O)C[C@@H]1O. The van der Waals surface area contributed by atoms with Gasteiger partial charge in [-0.05, 0) is 87.0 Å². The third kappa shape index (κ3) is 5.88. The summed E-state index contributed by atoms with van der Waals surface area (Å²) in [5, 5.41) is 31.1. The number of aliphatic hydroxyl groups is 3. The first-order chi connectivity index (χ1) is 14.9. The van der Waals surface area contributed by atoms with Crippen molar-refractivity contribution in [2.24, 2.45) is 17.3 Å². The average molecular weight is 465 g/mol. The largest absolute Gasteiger partial charge is 0.459 e. The van der Waals surface area contributed by atoms with E-state index in [1.807, 2.05) is 26.8 Å². The maximum Gasteiger partial charge on any atom is 0.316 e. The minimum absolute atomic E-state index is 0.00550. The van der Waals surface area contributed by atoms with Gasteiger partial charge in [-0.15, -0.1) is 11.8 Å². The lowest BCUT2D eigenvalue weighted by Crippen LogP contribution is -2.36. The molecule has 3 saturated carbocycles. The van der Waals surface area contributed by atoms with Gasteiger partial charge in [-0.1, -0.05) is 31.2 Å². The Morgan fingerprint density at radius 1 is 1.25 bits per heavy atom. The number of hydrogen-bond donors (Lipinski definition) is 3. The molecule has 0 radical (unpaired) electrons. The maximum absolute atomic E-state index is 12.1. The highest BCUT2D eigenvalue weighted by atomic mass is 32.2. The molecule has 0 aromatic rings. The molecule has 0 amide bonds.